The van der Waals surface area contributed by atoms with Gasteiger partial charge in [0.2, 0.25) is 0 Å². The lowest BCUT2D eigenvalue weighted by molar-refractivity contribution is 1.16. The number of fused-ring (bicyclic) bond motifs is 1. The quantitative estimate of drug-likeness (QED) is 0.674. The summed E-state index contributed by atoms with van der Waals surface area (Å²) in [5.41, 5.74) is 8.37. The van der Waals surface area contributed by atoms with Gasteiger partial charge < -0.3 is 5.73 Å². The molecule has 2 aromatic carbocycles. The van der Waals surface area contributed by atoms with Gasteiger partial charge in [-0.2, -0.15) is 0 Å². The Morgan fingerprint density at radius 3 is 2.57 bits per heavy atom. The van der Waals surface area contributed by atoms with Gasteiger partial charge in [0.15, 0.2) is 0 Å². The zero-order valence-corrected chi connectivity index (χ0v) is 8.03. The van der Waals surface area contributed by atoms with Crippen LogP contribution in [0.15, 0.2) is 36.4 Å². The number of hydrogen-bond acceptors (Lipinski definition) is 1. The van der Waals surface area contributed by atoms with Crippen molar-refractivity contribution in [3.63, 3.8) is 0 Å². The SMILES string of the molecule is Nc1ccc2ccccc2c1C1CC1. The third kappa shape index (κ3) is 1.09. The zero-order valence-electron chi connectivity index (χ0n) is 8.03. The molecular formula is C13H13N. The van der Waals surface area contributed by atoms with Gasteiger partial charge in [-0.15, -0.1) is 0 Å². The Morgan fingerprint density at radius 2 is 1.79 bits per heavy atom. The Labute approximate surface area is 83.5 Å². The Morgan fingerprint density at radius 1 is 1.00 bits per heavy atom. The number of nitrogens with two attached hydrogens (primary N) is 1. The summed E-state index contributed by atoms with van der Waals surface area (Å²) in [6.07, 6.45) is 2.61. The molecule has 1 nitrogen and oxygen atoms in total. The van der Waals surface area contributed by atoms with Crippen LogP contribution < -0.4 is 5.73 Å². The lowest BCUT2D eigenvalue weighted by Gasteiger charge is -2.08. The molecule has 0 aliphatic heterocycles. The van der Waals surface area contributed by atoms with E-state index in [0.717, 1.165) is 11.6 Å². The molecule has 1 fully saturated rings. The molecule has 0 unspecified atom stereocenters. The lowest BCUT2D eigenvalue weighted by atomic mass is 9.99. The molecule has 70 valence electrons. The molecule has 0 saturated heterocycles. The van der Waals surface area contributed by atoms with Crippen molar-refractivity contribution in [1.29, 1.82) is 0 Å². The van der Waals surface area contributed by atoms with Gasteiger partial charge in [0.25, 0.3) is 0 Å². The average molecular weight is 183 g/mol. The predicted octanol–water partition coefficient (Wildman–Crippen LogP) is 3.30. The van der Waals surface area contributed by atoms with Crippen LogP contribution in [0.1, 0.15) is 24.3 Å². The molecule has 1 heteroatoms. The van der Waals surface area contributed by atoms with Gasteiger partial charge in [-0.3, -0.25) is 0 Å². The van der Waals surface area contributed by atoms with E-state index in [4.69, 9.17) is 5.73 Å². The minimum absolute atomic E-state index is 0.723. The van der Waals surface area contributed by atoms with Crippen LogP contribution in [0.5, 0.6) is 0 Å². The molecule has 0 aromatic heterocycles. The second-order valence-corrected chi connectivity index (χ2v) is 4.06. The van der Waals surface area contributed by atoms with Crippen LogP contribution in [0.2, 0.25) is 0 Å². The van der Waals surface area contributed by atoms with Crippen LogP contribution >= 0.6 is 0 Å². The monoisotopic (exact) mass is 183 g/mol. The van der Waals surface area contributed by atoms with Gasteiger partial charge in [0, 0.05) is 5.69 Å². The first-order valence-electron chi connectivity index (χ1n) is 5.13. The highest BCUT2D eigenvalue weighted by Crippen LogP contribution is 2.45. The van der Waals surface area contributed by atoms with Crippen LogP contribution in [0.25, 0.3) is 10.8 Å². The second kappa shape index (κ2) is 2.74. The number of nitrogen functional groups attached to an aromatic ring is 1. The molecule has 2 aromatic rings. The Hall–Kier alpha value is -1.50. The molecule has 1 aliphatic carbocycles. The molecule has 0 radical (unpaired) electrons. The first-order valence-corrected chi connectivity index (χ1v) is 5.13. The first-order chi connectivity index (χ1) is 6.86. The summed E-state index contributed by atoms with van der Waals surface area (Å²) in [7, 11) is 0. The third-order valence-corrected chi connectivity index (χ3v) is 2.99. The Bertz CT molecular complexity index is 484. The van der Waals surface area contributed by atoms with Crippen molar-refractivity contribution < 1.29 is 0 Å². The van der Waals surface area contributed by atoms with Crippen molar-refractivity contribution in [2.45, 2.75) is 18.8 Å². The maximum Gasteiger partial charge on any atom is 0.0355 e. The summed E-state index contributed by atoms with van der Waals surface area (Å²) in [6.45, 7) is 0. The number of anilines is 1. The molecule has 0 heterocycles. The molecule has 2 N–H and O–H groups in total. The van der Waals surface area contributed by atoms with E-state index in [1.807, 2.05) is 6.07 Å². The minimum Gasteiger partial charge on any atom is -0.398 e. The predicted molar refractivity (Wildman–Crippen MR) is 60.3 cm³/mol. The minimum atomic E-state index is 0.723. The van der Waals surface area contributed by atoms with Crippen LogP contribution in [0.3, 0.4) is 0 Å². The van der Waals surface area contributed by atoms with Crippen molar-refractivity contribution in [3.05, 3.63) is 42.0 Å². The van der Waals surface area contributed by atoms with Crippen molar-refractivity contribution in [3.8, 4) is 0 Å². The van der Waals surface area contributed by atoms with E-state index in [1.165, 1.54) is 29.2 Å². The largest absolute Gasteiger partial charge is 0.398 e. The van der Waals surface area contributed by atoms with Crippen LogP contribution in [-0.4, -0.2) is 0 Å². The normalized spacial score (nSPS) is 16.0. The molecule has 3 rings (SSSR count). The van der Waals surface area contributed by atoms with Crippen molar-refractivity contribution >= 4 is 16.5 Å². The van der Waals surface area contributed by atoms with E-state index in [1.54, 1.807) is 0 Å². The summed E-state index contributed by atoms with van der Waals surface area (Å²) in [4.78, 5) is 0. The molecule has 1 aliphatic rings. The third-order valence-electron chi connectivity index (χ3n) is 2.99. The highest BCUT2D eigenvalue weighted by atomic mass is 14.6. The van der Waals surface area contributed by atoms with Crippen LogP contribution in [0, 0.1) is 0 Å². The Kier molecular flexibility index (Phi) is 1.54. The fraction of sp³-hybridized carbons (Fsp3) is 0.231. The van der Waals surface area contributed by atoms with Gasteiger partial charge in [0.1, 0.15) is 0 Å². The summed E-state index contributed by atoms with van der Waals surface area (Å²) in [5, 5.41) is 2.65. The number of benzene rings is 2. The fourth-order valence-corrected chi connectivity index (χ4v) is 2.14. The van der Waals surface area contributed by atoms with Crippen molar-refractivity contribution in [2.75, 3.05) is 5.73 Å². The van der Waals surface area contributed by atoms with Crippen molar-refractivity contribution in [1.82, 2.24) is 0 Å². The summed E-state index contributed by atoms with van der Waals surface area (Å²) in [5.74, 6) is 0.723. The van der Waals surface area contributed by atoms with Crippen LogP contribution in [-0.2, 0) is 0 Å². The molecule has 14 heavy (non-hydrogen) atoms. The highest BCUT2D eigenvalue weighted by molar-refractivity contribution is 5.90. The van der Waals surface area contributed by atoms with Gasteiger partial charge in [0.05, 0.1) is 0 Å². The molecule has 0 spiro atoms. The lowest BCUT2D eigenvalue weighted by Crippen LogP contribution is -1.93. The number of rotatable bonds is 1. The molecule has 0 amide bonds. The summed E-state index contributed by atoms with van der Waals surface area (Å²) in [6, 6.07) is 12.6. The smallest absolute Gasteiger partial charge is 0.0355 e. The van der Waals surface area contributed by atoms with E-state index in [9.17, 15) is 0 Å². The molecule has 1 saturated carbocycles. The average Bonchev–Trinajstić information content (AvgIpc) is 3.01. The maximum atomic E-state index is 6.03. The summed E-state index contributed by atoms with van der Waals surface area (Å²) < 4.78 is 0. The van der Waals surface area contributed by atoms with Crippen molar-refractivity contribution in [2.24, 2.45) is 0 Å². The number of hydrogen-bond donors (Lipinski definition) is 1. The van der Waals surface area contributed by atoms with E-state index in [2.05, 4.69) is 30.3 Å². The van der Waals surface area contributed by atoms with E-state index in [0.29, 0.717) is 0 Å². The summed E-state index contributed by atoms with van der Waals surface area (Å²) >= 11 is 0. The Balaban J connectivity index is 2.37. The second-order valence-electron chi connectivity index (χ2n) is 4.06. The van der Waals surface area contributed by atoms with Gasteiger partial charge in [-0.05, 0) is 41.2 Å². The van der Waals surface area contributed by atoms with E-state index in [-0.39, 0.29) is 0 Å². The first kappa shape index (κ1) is 7.86. The molecular weight excluding hydrogens is 170 g/mol. The standard InChI is InChI=1S/C13H13N/c14-12-8-7-9-3-1-2-4-11(9)13(12)10-5-6-10/h1-4,7-8,10H,5-6,14H2. The van der Waals surface area contributed by atoms with Gasteiger partial charge in [-0.25, -0.2) is 0 Å². The topological polar surface area (TPSA) is 26.0 Å². The zero-order chi connectivity index (χ0) is 9.54. The highest BCUT2D eigenvalue weighted by Gasteiger charge is 2.26. The van der Waals surface area contributed by atoms with Crippen LogP contribution in [0.4, 0.5) is 5.69 Å². The molecule has 0 bridgehead atoms. The molecule has 0 atom stereocenters. The van der Waals surface area contributed by atoms with E-state index < -0.39 is 0 Å². The van der Waals surface area contributed by atoms with Gasteiger partial charge >= 0.3 is 0 Å². The van der Waals surface area contributed by atoms with Gasteiger partial charge in [-0.1, -0.05) is 30.3 Å². The van der Waals surface area contributed by atoms with E-state index >= 15 is 0 Å². The fourth-order valence-electron chi connectivity index (χ4n) is 2.14. The maximum absolute atomic E-state index is 6.03.